The highest BCUT2D eigenvalue weighted by Gasteiger charge is 2.15. The van der Waals surface area contributed by atoms with Crippen LogP contribution in [-0.2, 0) is 0 Å². The molecule has 2 nitrogen and oxygen atoms in total. The van der Waals surface area contributed by atoms with Crippen molar-refractivity contribution in [2.24, 2.45) is 4.99 Å². The fourth-order valence-electron chi connectivity index (χ4n) is 1.43. The van der Waals surface area contributed by atoms with Gasteiger partial charge in [-0.3, -0.25) is 4.99 Å². The first kappa shape index (κ1) is 10.8. The summed E-state index contributed by atoms with van der Waals surface area (Å²) in [7, 11) is 0. The molecule has 0 radical (unpaired) electrons. The third kappa shape index (κ3) is 2.67. The molecule has 0 unspecified atom stereocenters. The summed E-state index contributed by atoms with van der Waals surface area (Å²) in [6.45, 7) is 5.12. The van der Waals surface area contributed by atoms with Crippen LogP contribution in [0.15, 0.2) is 23.2 Å². The van der Waals surface area contributed by atoms with E-state index in [4.69, 9.17) is 11.6 Å². The Morgan fingerprint density at radius 1 is 1.53 bits per heavy atom. The van der Waals surface area contributed by atoms with E-state index in [1.807, 2.05) is 25.1 Å². The minimum Gasteiger partial charge on any atom is -0.335 e. The third-order valence-corrected chi connectivity index (χ3v) is 3.48. The van der Waals surface area contributed by atoms with Crippen LogP contribution in [-0.4, -0.2) is 17.0 Å². The number of aliphatic imine (C=N–C) groups is 1. The van der Waals surface area contributed by atoms with Crippen LogP contribution in [0.25, 0.3) is 0 Å². The molecule has 4 heteroatoms. The number of rotatable bonds is 1. The van der Waals surface area contributed by atoms with E-state index in [0.29, 0.717) is 5.25 Å². The molecule has 0 spiro atoms. The predicted octanol–water partition coefficient (Wildman–Crippen LogP) is 3.55. The molecular weight excluding hydrogens is 228 g/mol. The number of anilines is 1. The van der Waals surface area contributed by atoms with E-state index in [1.165, 1.54) is 0 Å². The highest BCUT2D eigenvalue weighted by Crippen LogP contribution is 2.25. The van der Waals surface area contributed by atoms with Crippen LogP contribution in [0.4, 0.5) is 5.69 Å². The molecule has 0 saturated carbocycles. The molecule has 1 aromatic carbocycles. The Morgan fingerprint density at radius 2 is 2.33 bits per heavy atom. The smallest absolute Gasteiger partial charge is 0.161 e. The highest BCUT2D eigenvalue weighted by molar-refractivity contribution is 8.15. The number of thioether (sulfide) groups is 1. The number of amidine groups is 1. The van der Waals surface area contributed by atoms with Gasteiger partial charge in [0.05, 0.1) is 6.54 Å². The van der Waals surface area contributed by atoms with Crippen molar-refractivity contribution >= 4 is 34.2 Å². The molecule has 0 aliphatic carbocycles. The molecule has 80 valence electrons. The molecule has 1 aliphatic rings. The largest absolute Gasteiger partial charge is 0.335 e. The van der Waals surface area contributed by atoms with E-state index in [1.54, 1.807) is 11.8 Å². The van der Waals surface area contributed by atoms with Gasteiger partial charge in [-0.25, -0.2) is 0 Å². The minimum absolute atomic E-state index is 0.583. The summed E-state index contributed by atoms with van der Waals surface area (Å²) in [6, 6.07) is 5.83. The summed E-state index contributed by atoms with van der Waals surface area (Å²) in [5, 5.41) is 5.68. The topological polar surface area (TPSA) is 24.4 Å². The van der Waals surface area contributed by atoms with Crippen LogP contribution in [0.1, 0.15) is 12.5 Å². The van der Waals surface area contributed by atoms with Crippen LogP contribution < -0.4 is 5.32 Å². The van der Waals surface area contributed by atoms with Gasteiger partial charge in [0.15, 0.2) is 5.17 Å². The minimum atomic E-state index is 0.583. The van der Waals surface area contributed by atoms with E-state index in [9.17, 15) is 0 Å². The molecule has 1 aliphatic heterocycles. The fraction of sp³-hybridized carbons (Fsp3) is 0.364. The molecule has 1 aromatic rings. The average Bonchev–Trinajstić information content (AvgIpc) is 2.56. The number of hydrogen-bond acceptors (Lipinski definition) is 3. The van der Waals surface area contributed by atoms with Gasteiger partial charge in [0.2, 0.25) is 0 Å². The SMILES string of the molecule is Cc1cc(Cl)ccc1NC1=NC[C@@H](C)S1. The van der Waals surface area contributed by atoms with Gasteiger partial charge in [-0.15, -0.1) is 0 Å². The maximum absolute atomic E-state index is 5.89. The Bertz CT molecular complexity index is 404. The molecule has 1 N–H and O–H groups in total. The van der Waals surface area contributed by atoms with Crippen molar-refractivity contribution < 1.29 is 0 Å². The summed E-state index contributed by atoms with van der Waals surface area (Å²) in [6.07, 6.45) is 0. The van der Waals surface area contributed by atoms with Crippen LogP contribution in [0.2, 0.25) is 5.02 Å². The Morgan fingerprint density at radius 3 is 2.93 bits per heavy atom. The normalized spacial score (nSPS) is 20.2. The molecule has 1 heterocycles. The summed E-state index contributed by atoms with van der Waals surface area (Å²) >= 11 is 7.67. The van der Waals surface area contributed by atoms with Crippen molar-refractivity contribution in [1.29, 1.82) is 0 Å². The Balaban J connectivity index is 2.11. The van der Waals surface area contributed by atoms with Gasteiger partial charge in [0.25, 0.3) is 0 Å². The molecule has 0 bridgehead atoms. The molecule has 0 fully saturated rings. The Hall–Kier alpha value is -0.670. The molecule has 0 aromatic heterocycles. The van der Waals surface area contributed by atoms with Crippen molar-refractivity contribution in [1.82, 2.24) is 0 Å². The van der Waals surface area contributed by atoms with Gasteiger partial charge >= 0.3 is 0 Å². The van der Waals surface area contributed by atoms with Crippen molar-refractivity contribution in [2.45, 2.75) is 19.1 Å². The van der Waals surface area contributed by atoms with Gasteiger partial charge in [-0.2, -0.15) is 0 Å². The zero-order valence-corrected chi connectivity index (χ0v) is 10.3. The summed E-state index contributed by atoms with van der Waals surface area (Å²) < 4.78 is 0. The molecule has 2 rings (SSSR count). The Labute approximate surface area is 99.1 Å². The second kappa shape index (κ2) is 4.45. The predicted molar refractivity (Wildman–Crippen MR) is 69.2 cm³/mol. The van der Waals surface area contributed by atoms with Crippen LogP contribution in [0.5, 0.6) is 0 Å². The standard InChI is InChI=1S/C11H13ClN2S/c1-7-5-9(12)3-4-10(7)14-11-13-6-8(2)15-11/h3-5,8H,6H2,1-2H3,(H,13,14)/t8-/m1/s1. The van der Waals surface area contributed by atoms with Crippen LogP contribution in [0, 0.1) is 6.92 Å². The van der Waals surface area contributed by atoms with Gasteiger partial charge in [-0.1, -0.05) is 30.3 Å². The maximum Gasteiger partial charge on any atom is 0.161 e. The van der Waals surface area contributed by atoms with E-state index >= 15 is 0 Å². The first-order chi connectivity index (χ1) is 7.15. The zero-order chi connectivity index (χ0) is 10.8. The van der Waals surface area contributed by atoms with E-state index in [2.05, 4.69) is 17.2 Å². The van der Waals surface area contributed by atoms with E-state index in [-0.39, 0.29) is 0 Å². The summed E-state index contributed by atoms with van der Waals surface area (Å²) in [4.78, 5) is 4.41. The van der Waals surface area contributed by atoms with E-state index < -0.39 is 0 Å². The lowest BCUT2D eigenvalue weighted by atomic mass is 10.2. The lowest BCUT2D eigenvalue weighted by molar-refractivity contribution is 0.976. The van der Waals surface area contributed by atoms with E-state index in [0.717, 1.165) is 28.0 Å². The zero-order valence-electron chi connectivity index (χ0n) is 8.75. The van der Waals surface area contributed by atoms with Crippen molar-refractivity contribution in [3.63, 3.8) is 0 Å². The van der Waals surface area contributed by atoms with Gasteiger partial charge in [0.1, 0.15) is 0 Å². The first-order valence-corrected chi connectivity index (χ1v) is 6.15. The molecule has 0 saturated heterocycles. The quantitative estimate of drug-likeness (QED) is 0.812. The van der Waals surface area contributed by atoms with Gasteiger partial charge in [0, 0.05) is 16.0 Å². The maximum atomic E-state index is 5.89. The second-order valence-corrected chi connectivity index (χ2v) is 5.52. The van der Waals surface area contributed by atoms with Gasteiger partial charge in [-0.05, 0) is 30.7 Å². The van der Waals surface area contributed by atoms with Crippen LogP contribution in [0.3, 0.4) is 0 Å². The first-order valence-electron chi connectivity index (χ1n) is 4.89. The van der Waals surface area contributed by atoms with Crippen molar-refractivity contribution in [2.75, 3.05) is 11.9 Å². The monoisotopic (exact) mass is 240 g/mol. The second-order valence-electron chi connectivity index (χ2n) is 3.66. The molecule has 15 heavy (non-hydrogen) atoms. The molecular formula is C11H13ClN2S. The van der Waals surface area contributed by atoms with Crippen molar-refractivity contribution in [3.8, 4) is 0 Å². The number of benzene rings is 1. The number of halogens is 1. The summed E-state index contributed by atoms with van der Waals surface area (Å²) in [5.74, 6) is 0. The molecule has 1 atom stereocenters. The third-order valence-electron chi connectivity index (χ3n) is 2.23. The number of nitrogens with one attached hydrogen (secondary N) is 1. The number of aryl methyl sites for hydroxylation is 1. The average molecular weight is 241 g/mol. The van der Waals surface area contributed by atoms with Crippen LogP contribution >= 0.6 is 23.4 Å². The van der Waals surface area contributed by atoms with Gasteiger partial charge < -0.3 is 5.32 Å². The number of nitrogens with zero attached hydrogens (tertiary/aromatic N) is 1. The Kier molecular flexibility index (Phi) is 3.22. The van der Waals surface area contributed by atoms with Crippen molar-refractivity contribution in [3.05, 3.63) is 28.8 Å². The molecule has 0 amide bonds. The lowest BCUT2D eigenvalue weighted by Crippen LogP contribution is -2.07. The highest BCUT2D eigenvalue weighted by atomic mass is 35.5. The summed E-state index contributed by atoms with van der Waals surface area (Å²) in [5.41, 5.74) is 2.23. The number of hydrogen-bond donors (Lipinski definition) is 1. The lowest BCUT2D eigenvalue weighted by Gasteiger charge is -2.09. The fourth-order valence-corrected chi connectivity index (χ4v) is 2.50.